The highest BCUT2D eigenvalue weighted by atomic mass is 16.3. The Morgan fingerprint density at radius 3 is 2.85 bits per heavy atom. The van der Waals surface area contributed by atoms with E-state index in [1.165, 1.54) is 23.0 Å². The fourth-order valence-electron chi connectivity index (χ4n) is 0.891. The third-order valence-electron chi connectivity index (χ3n) is 1.57. The number of rotatable bonds is 3. The Bertz CT molecular complexity index is 370. The molecule has 0 aliphatic heterocycles. The van der Waals surface area contributed by atoms with Crippen LogP contribution in [0.2, 0.25) is 0 Å². The van der Waals surface area contributed by atoms with Crippen LogP contribution in [0.25, 0.3) is 0 Å². The summed E-state index contributed by atoms with van der Waals surface area (Å²) in [5.41, 5.74) is 4.50. The average Bonchev–Trinajstić information content (AvgIpc) is 2.07. The zero-order valence-electron chi connectivity index (χ0n) is 6.93. The molecule has 0 aromatic carbocycles. The summed E-state index contributed by atoms with van der Waals surface area (Å²) < 4.78 is 1.53. The number of nitrogens with zero attached hydrogens (tertiary/aromatic N) is 1. The predicted molar refractivity (Wildman–Crippen MR) is 46.2 cm³/mol. The highest BCUT2D eigenvalue weighted by molar-refractivity contribution is 5.73. The second kappa shape index (κ2) is 3.75. The van der Waals surface area contributed by atoms with Gasteiger partial charge in [0.1, 0.15) is 0 Å². The molecule has 70 valence electrons. The number of carbonyl (C=O) groups excluding carboxylic acids is 1. The van der Waals surface area contributed by atoms with Crippen LogP contribution in [0.4, 0.5) is 0 Å². The largest absolute Gasteiger partial charge is 0.503 e. The highest BCUT2D eigenvalue weighted by Crippen LogP contribution is 1.99. The number of aromatic hydroxyl groups is 1. The highest BCUT2D eigenvalue weighted by Gasteiger charge is 1.98. The first kappa shape index (κ1) is 9.31. The molecule has 0 radical (unpaired) electrons. The Morgan fingerprint density at radius 1 is 1.62 bits per heavy atom. The van der Waals surface area contributed by atoms with Crippen LogP contribution in [-0.4, -0.2) is 15.6 Å². The summed E-state index contributed by atoms with van der Waals surface area (Å²) in [5, 5.41) is 9.02. The third kappa shape index (κ3) is 2.62. The lowest BCUT2D eigenvalue weighted by molar-refractivity contribution is -0.118. The number of nitrogens with two attached hydrogens (primary N) is 1. The summed E-state index contributed by atoms with van der Waals surface area (Å²) in [4.78, 5) is 21.2. The minimum absolute atomic E-state index is 0.183. The zero-order chi connectivity index (χ0) is 9.84. The molecule has 0 aliphatic rings. The first-order valence-corrected chi connectivity index (χ1v) is 3.77. The van der Waals surface area contributed by atoms with Gasteiger partial charge in [0, 0.05) is 31.4 Å². The molecule has 0 fully saturated rings. The van der Waals surface area contributed by atoms with Crippen LogP contribution >= 0.6 is 0 Å². The topological polar surface area (TPSA) is 85.3 Å². The standard InChI is InChI=1S/C8H10N2O3/c9-8(13)2-4-10-3-1-6(11)7(12)5-10/h1,3,5,12H,2,4H2,(H2,9,13). The molecule has 3 N–H and O–H groups in total. The molecule has 0 unspecified atom stereocenters. The van der Waals surface area contributed by atoms with Crippen molar-refractivity contribution in [3.8, 4) is 5.75 Å². The fourth-order valence-corrected chi connectivity index (χ4v) is 0.891. The van der Waals surface area contributed by atoms with Crippen molar-refractivity contribution in [2.24, 2.45) is 5.73 Å². The van der Waals surface area contributed by atoms with E-state index in [-0.39, 0.29) is 12.2 Å². The monoisotopic (exact) mass is 182 g/mol. The number of pyridine rings is 1. The minimum atomic E-state index is -0.435. The fraction of sp³-hybridized carbons (Fsp3) is 0.250. The average molecular weight is 182 g/mol. The van der Waals surface area contributed by atoms with Crippen molar-refractivity contribution in [3.05, 3.63) is 28.7 Å². The Kier molecular flexibility index (Phi) is 2.69. The van der Waals surface area contributed by atoms with Gasteiger partial charge in [0.25, 0.3) is 0 Å². The van der Waals surface area contributed by atoms with Gasteiger partial charge in [0.05, 0.1) is 0 Å². The molecule has 5 nitrogen and oxygen atoms in total. The summed E-state index contributed by atoms with van der Waals surface area (Å²) in [6.07, 6.45) is 2.94. The van der Waals surface area contributed by atoms with Crippen molar-refractivity contribution in [2.45, 2.75) is 13.0 Å². The maximum Gasteiger partial charge on any atom is 0.223 e. The third-order valence-corrected chi connectivity index (χ3v) is 1.57. The predicted octanol–water partition coefficient (Wildman–Crippen LogP) is -0.571. The van der Waals surface area contributed by atoms with Crippen molar-refractivity contribution in [1.29, 1.82) is 0 Å². The van der Waals surface area contributed by atoms with Gasteiger partial charge in [-0.25, -0.2) is 0 Å². The molecular formula is C8H10N2O3. The van der Waals surface area contributed by atoms with Crippen molar-refractivity contribution in [3.63, 3.8) is 0 Å². The molecule has 1 rings (SSSR count). The zero-order valence-corrected chi connectivity index (χ0v) is 6.93. The number of hydrogen-bond acceptors (Lipinski definition) is 3. The molecular weight excluding hydrogens is 172 g/mol. The first-order valence-electron chi connectivity index (χ1n) is 3.77. The van der Waals surface area contributed by atoms with Gasteiger partial charge in [0.15, 0.2) is 5.75 Å². The van der Waals surface area contributed by atoms with Crippen molar-refractivity contribution in [1.82, 2.24) is 4.57 Å². The lowest BCUT2D eigenvalue weighted by Crippen LogP contribution is -2.14. The summed E-state index contributed by atoms with van der Waals surface area (Å²) >= 11 is 0. The normalized spacial score (nSPS) is 9.85. The van der Waals surface area contributed by atoms with Gasteiger partial charge in [-0.1, -0.05) is 0 Å². The van der Waals surface area contributed by atoms with Gasteiger partial charge in [-0.15, -0.1) is 0 Å². The molecule has 0 bridgehead atoms. The number of primary amides is 1. The SMILES string of the molecule is NC(=O)CCn1ccc(=O)c(O)c1. The van der Waals surface area contributed by atoms with Crippen LogP contribution < -0.4 is 11.2 Å². The van der Waals surface area contributed by atoms with Gasteiger partial charge in [0.2, 0.25) is 11.3 Å². The van der Waals surface area contributed by atoms with Gasteiger partial charge in [-0.2, -0.15) is 0 Å². The first-order chi connectivity index (χ1) is 6.09. The second-order valence-electron chi connectivity index (χ2n) is 2.65. The van der Waals surface area contributed by atoms with E-state index in [0.717, 1.165) is 0 Å². The van der Waals surface area contributed by atoms with E-state index in [2.05, 4.69) is 0 Å². The van der Waals surface area contributed by atoms with E-state index in [0.29, 0.717) is 6.54 Å². The van der Waals surface area contributed by atoms with E-state index >= 15 is 0 Å². The van der Waals surface area contributed by atoms with Crippen molar-refractivity contribution >= 4 is 5.91 Å². The molecule has 0 saturated carbocycles. The van der Waals surface area contributed by atoms with E-state index in [4.69, 9.17) is 10.8 Å². The van der Waals surface area contributed by atoms with Crippen LogP contribution in [0.15, 0.2) is 23.3 Å². The maximum absolute atomic E-state index is 10.8. The van der Waals surface area contributed by atoms with Crippen LogP contribution in [0, 0.1) is 0 Å². The van der Waals surface area contributed by atoms with Gasteiger partial charge in [-0.3, -0.25) is 9.59 Å². The molecule has 0 atom stereocenters. The molecule has 1 aromatic heterocycles. The smallest absolute Gasteiger partial charge is 0.223 e. The molecule has 0 saturated heterocycles. The number of carbonyl (C=O) groups is 1. The number of amides is 1. The summed E-state index contributed by atoms with van der Waals surface area (Å²) in [6.45, 7) is 0.364. The van der Waals surface area contributed by atoms with Gasteiger partial charge >= 0.3 is 0 Å². The van der Waals surface area contributed by atoms with Crippen LogP contribution in [0.3, 0.4) is 0 Å². The van der Waals surface area contributed by atoms with E-state index in [1.54, 1.807) is 0 Å². The van der Waals surface area contributed by atoms with E-state index < -0.39 is 11.3 Å². The molecule has 1 amide bonds. The van der Waals surface area contributed by atoms with E-state index in [1.807, 2.05) is 0 Å². The van der Waals surface area contributed by atoms with Crippen LogP contribution in [0.1, 0.15) is 6.42 Å². The second-order valence-corrected chi connectivity index (χ2v) is 2.65. The Labute approximate surface area is 74.4 Å². The van der Waals surface area contributed by atoms with E-state index in [9.17, 15) is 9.59 Å². The molecule has 5 heteroatoms. The Balaban J connectivity index is 2.74. The molecule has 1 aromatic rings. The Morgan fingerprint density at radius 2 is 2.31 bits per heavy atom. The molecule has 1 heterocycles. The van der Waals surface area contributed by atoms with Gasteiger partial charge in [-0.05, 0) is 0 Å². The number of aryl methyl sites for hydroxylation is 1. The minimum Gasteiger partial charge on any atom is -0.503 e. The van der Waals surface area contributed by atoms with Crippen LogP contribution in [0.5, 0.6) is 5.75 Å². The van der Waals surface area contributed by atoms with Crippen LogP contribution in [-0.2, 0) is 11.3 Å². The maximum atomic E-state index is 10.8. The molecule has 0 aliphatic carbocycles. The molecule has 13 heavy (non-hydrogen) atoms. The summed E-state index contributed by atoms with van der Waals surface area (Å²) in [5.74, 6) is -0.745. The lowest BCUT2D eigenvalue weighted by Gasteiger charge is -2.03. The quantitative estimate of drug-likeness (QED) is 0.656. The van der Waals surface area contributed by atoms with Crippen molar-refractivity contribution in [2.75, 3.05) is 0 Å². The number of hydrogen-bond donors (Lipinski definition) is 2. The number of aromatic nitrogens is 1. The lowest BCUT2D eigenvalue weighted by atomic mass is 10.4. The summed E-state index contributed by atoms with van der Waals surface area (Å²) in [7, 11) is 0. The molecule has 0 spiro atoms. The summed E-state index contributed by atoms with van der Waals surface area (Å²) in [6, 6.07) is 1.23. The van der Waals surface area contributed by atoms with Crippen molar-refractivity contribution < 1.29 is 9.90 Å². The van der Waals surface area contributed by atoms with Gasteiger partial charge < -0.3 is 15.4 Å². The Hall–Kier alpha value is -1.78.